The molecule has 0 N–H and O–H groups in total. The van der Waals surface area contributed by atoms with E-state index in [1.807, 2.05) is 13.0 Å². The van der Waals surface area contributed by atoms with Crippen molar-refractivity contribution in [2.75, 3.05) is 18.0 Å². The van der Waals surface area contributed by atoms with Crippen LogP contribution in [-0.4, -0.2) is 83.2 Å². The maximum absolute atomic E-state index is 12.2. The minimum atomic E-state index is -1.94. The monoisotopic (exact) mass is 444 g/mol. The van der Waals surface area contributed by atoms with E-state index in [1.165, 1.54) is 16.8 Å². The van der Waals surface area contributed by atoms with Gasteiger partial charge in [0.25, 0.3) is 5.56 Å². The summed E-state index contributed by atoms with van der Waals surface area (Å²) in [5, 5.41) is 0.674. The molecule has 2 aliphatic heterocycles. The third kappa shape index (κ3) is 3.95. The molecule has 3 aromatic rings. The average Bonchev–Trinajstić information content (AvgIpc) is 2.75. The molecule has 34 heavy (non-hydrogen) atoms. The van der Waals surface area contributed by atoms with E-state index in [4.69, 9.17) is 53.4 Å². The highest BCUT2D eigenvalue weighted by atomic mass is 16.6. The Kier molecular flexibility index (Phi) is 5.22. The van der Waals surface area contributed by atoms with Crippen LogP contribution in [0.2, 0.25) is 0 Å². The Morgan fingerprint density at radius 3 is 2.35 bits per heavy atom. The molecule has 0 aliphatic carbocycles. The van der Waals surface area contributed by atoms with Gasteiger partial charge in [0, 0.05) is 42.2 Å². The second-order valence-electron chi connectivity index (χ2n) is 8.76. The van der Waals surface area contributed by atoms with Gasteiger partial charge in [0.2, 0.25) is 0 Å². The molecule has 0 spiro atoms. The van der Waals surface area contributed by atoms with Gasteiger partial charge in [-0.15, -0.1) is 5.10 Å². The number of nitrogens with zero attached hydrogens (tertiary/aromatic N) is 4. The van der Waals surface area contributed by atoms with E-state index in [0.717, 1.165) is 5.56 Å². The molecule has 2 aromatic heterocycles. The average molecular weight is 443 g/mol. The standard InChI is InChI=1S/C21H17B5N4O4/c1-12-10-16-27-7-4-17(31)30(16)28-18(12)29-8-5-19(22,6-9-29)32-13-2-3-14-15(11-13)34-21(25,26)20(23,24)33-14/h2-4,7,10-11H,5-6,8-9H2,1H3. The Hall–Kier alpha value is -2.97. The summed E-state index contributed by atoms with van der Waals surface area (Å²) in [6.45, 7) is 3.09. The molecule has 10 radical (unpaired) electrons. The van der Waals surface area contributed by atoms with E-state index in [2.05, 4.69) is 15.0 Å². The molecule has 1 saturated heterocycles. The zero-order valence-corrected chi connectivity index (χ0v) is 18.6. The second-order valence-corrected chi connectivity index (χ2v) is 8.76. The van der Waals surface area contributed by atoms with Crippen molar-refractivity contribution in [3.8, 4) is 17.2 Å². The van der Waals surface area contributed by atoms with Crippen molar-refractivity contribution < 1.29 is 14.2 Å². The summed E-state index contributed by atoms with van der Waals surface area (Å²) in [5.41, 5.74) is 0.246. The largest absolute Gasteiger partial charge is 0.501 e. The zero-order valence-electron chi connectivity index (χ0n) is 18.6. The summed E-state index contributed by atoms with van der Waals surface area (Å²) in [5.74, 6) is 1.68. The maximum Gasteiger partial charge on any atom is 0.274 e. The highest BCUT2D eigenvalue weighted by Crippen LogP contribution is 2.42. The lowest BCUT2D eigenvalue weighted by molar-refractivity contribution is 0.0603. The highest BCUT2D eigenvalue weighted by molar-refractivity contribution is 6.53. The normalized spacial score (nSPS) is 20.1. The van der Waals surface area contributed by atoms with Crippen LogP contribution in [0.1, 0.15) is 18.4 Å². The Morgan fingerprint density at radius 2 is 1.65 bits per heavy atom. The summed E-state index contributed by atoms with van der Waals surface area (Å²) in [4.78, 5) is 18.4. The minimum Gasteiger partial charge on any atom is -0.501 e. The number of benzene rings is 1. The van der Waals surface area contributed by atoms with E-state index in [9.17, 15) is 4.79 Å². The van der Waals surface area contributed by atoms with E-state index in [1.54, 1.807) is 18.2 Å². The van der Waals surface area contributed by atoms with Gasteiger partial charge in [-0.05, 0) is 43.5 Å². The second kappa shape index (κ2) is 7.78. The number of aryl methyl sites for hydroxylation is 1. The molecule has 0 saturated carbocycles. The summed E-state index contributed by atoms with van der Waals surface area (Å²) < 4.78 is 18.4. The van der Waals surface area contributed by atoms with Crippen molar-refractivity contribution in [3.63, 3.8) is 0 Å². The lowest BCUT2D eigenvalue weighted by Crippen LogP contribution is -2.65. The van der Waals surface area contributed by atoms with Gasteiger partial charge in [-0.1, -0.05) is 0 Å². The fourth-order valence-corrected chi connectivity index (χ4v) is 4.03. The lowest BCUT2D eigenvalue weighted by Gasteiger charge is -2.48. The molecule has 1 fully saturated rings. The lowest BCUT2D eigenvalue weighted by atomic mass is 9.41. The van der Waals surface area contributed by atoms with Crippen molar-refractivity contribution in [2.45, 2.75) is 36.1 Å². The molecule has 0 atom stereocenters. The number of rotatable bonds is 3. The van der Waals surface area contributed by atoms with E-state index < -0.39 is 16.3 Å². The fraction of sp³-hybridized carbons (Fsp3) is 0.381. The molecule has 0 amide bonds. The number of fused-ring (bicyclic) bond motifs is 2. The minimum absolute atomic E-state index is 0.237. The molecule has 0 unspecified atom stereocenters. The number of piperidine rings is 1. The first-order valence-corrected chi connectivity index (χ1v) is 10.7. The van der Waals surface area contributed by atoms with Crippen LogP contribution in [0.15, 0.2) is 41.3 Å². The van der Waals surface area contributed by atoms with Crippen molar-refractivity contribution in [3.05, 3.63) is 52.4 Å². The number of ether oxygens (including phenoxy) is 3. The predicted octanol–water partition coefficient (Wildman–Crippen LogP) is -0.305. The van der Waals surface area contributed by atoms with Crippen LogP contribution in [-0.2, 0) is 0 Å². The molecule has 4 heterocycles. The molecule has 1 aromatic carbocycles. The maximum atomic E-state index is 12.2. The Bertz CT molecular complexity index is 1320. The third-order valence-corrected chi connectivity index (χ3v) is 6.06. The predicted molar refractivity (Wildman–Crippen MR) is 131 cm³/mol. The Balaban J connectivity index is 1.31. The summed E-state index contributed by atoms with van der Waals surface area (Å²) in [7, 11) is 29.8. The van der Waals surface area contributed by atoms with Crippen molar-refractivity contribution in [2.24, 2.45) is 0 Å². The van der Waals surface area contributed by atoms with Crippen LogP contribution in [0.25, 0.3) is 5.65 Å². The molecule has 160 valence electrons. The molecular weight excluding hydrogens is 426 g/mol. The van der Waals surface area contributed by atoms with Gasteiger partial charge in [-0.25, -0.2) is 4.98 Å². The Labute approximate surface area is 203 Å². The number of aromatic nitrogens is 3. The molecular formula is C21H17B5N4O4. The van der Waals surface area contributed by atoms with E-state index >= 15 is 0 Å². The van der Waals surface area contributed by atoms with Gasteiger partial charge >= 0.3 is 0 Å². The van der Waals surface area contributed by atoms with Crippen LogP contribution in [0, 0.1) is 6.92 Å². The van der Waals surface area contributed by atoms with E-state index in [-0.39, 0.29) is 17.1 Å². The van der Waals surface area contributed by atoms with Crippen molar-refractivity contribution >= 4 is 50.7 Å². The SMILES string of the molecule is [B]C1(Oc2ccc3c(c2)OC([B])([B])C([B])([B])O3)CCN(c2nn3c(=O)ccnc3cc2C)CC1. The topological polar surface area (TPSA) is 78.2 Å². The summed E-state index contributed by atoms with van der Waals surface area (Å²) in [6.07, 6.45) is 2.49. The summed E-state index contributed by atoms with van der Waals surface area (Å²) >= 11 is 0. The van der Waals surface area contributed by atoms with Crippen LogP contribution in [0.3, 0.4) is 0 Å². The van der Waals surface area contributed by atoms with Gasteiger partial charge in [-0.2, -0.15) is 4.52 Å². The first-order valence-electron chi connectivity index (χ1n) is 10.7. The number of hydrogen-bond acceptors (Lipinski definition) is 7. The molecule has 2 aliphatic rings. The molecule has 13 heteroatoms. The Morgan fingerprint density at radius 1 is 0.971 bits per heavy atom. The van der Waals surface area contributed by atoms with Crippen LogP contribution < -0.4 is 24.7 Å². The third-order valence-electron chi connectivity index (χ3n) is 6.06. The van der Waals surface area contributed by atoms with Gasteiger partial charge in [-0.3, -0.25) is 4.79 Å². The first-order chi connectivity index (χ1) is 16.0. The van der Waals surface area contributed by atoms with Crippen molar-refractivity contribution in [1.82, 2.24) is 14.6 Å². The quantitative estimate of drug-likeness (QED) is 0.514. The molecule has 8 nitrogen and oxygen atoms in total. The van der Waals surface area contributed by atoms with Gasteiger partial charge in [0.15, 0.2) is 23.0 Å². The van der Waals surface area contributed by atoms with Crippen LogP contribution in [0.4, 0.5) is 5.82 Å². The number of hydrogen-bond donors (Lipinski definition) is 0. The van der Waals surface area contributed by atoms with Gasteiger partial charge in [0.1, 0.15) is 45.0 Å². The smallest absolute Gasteiger partial charge is 0.274 e. The van der Waals surface area contributed by atoms with Gasteiger partial charge < -0.3 is 19.1 Å². The molecule has 5 rings (SSSR count). The highest BCUT2D eigenvalue weighted by Gasteiger charge is 2.43. The summed E-state index contributed by atoms with van der Waals surface area (Å²) in [6, 6.07) is 8.07. The van der Waals surface area contributed by atoms with Crippen molar-refractivity contribution in [1.29, 1.82) is 0 Å². The number of anilines is 1. The first kappa shape index (κ1) is 22.8. The van der Waals surface area contributed by atoms with E-state index in [0.29, 0.717) is 43.1 Å². The zero-order chi connectivity index (χ0) is 24.3. The van der Waals surface area contributed by atoms with Gasteiger partial charge in [0.05, 0.1) is 5.50 Å². The molecule has 0 bridgehead atoms. The van der Waals surface area contributed by atoms with Crippen LogP contribution in [0.5, 0.6) is 17.2 Å². The fourth-order valence-electron chi connectivity index (χ4n) is 4.03. The van der Waals surface area contributed by atoms with Crippen LogP contribution >= 0.6 is 0 Å².